The average Bonchev–Trinajstić information content (AvgIpc) is 3.66. The van der Waals surface area contributed by atoms with E-state index >= 15 is 0 Å². The van der Waals surface area contributed by atoms with Gasteiger partial charge in [-0.15, -0.1) is 0 Å². The van der Waals surface area contributed by atoms with Gasteiger partial charge in [-0.3, -0.25) is 19.3 Å². The van der Waals surface area contributed by atoms with Crippen molar-refractivity contribution < 1.29 is 19.1 Å². The molecule has 3 amide bonds. The zero-order valence-corrected chi connectivity index (χ0v) is 23.4. The van der Waals surface area contributed by atoms with Crippen molar-refractivity contribution in [1.29, 1.82) is 0 Å². The van der Waals surface area contributed by atoms with Crippen LogP contribution in [-0.4, -0.2) is 77.0 Å². The van der Waals surface area contributed by atoms with E-state index in [0.717, 1.165) is 50.8 Å². The van der Waals surface area contributed by atoms with Crippen molar-refractivity contribution in [2.24, 2.45) is 17.8 Å². The summed E-state index contributed by atoms with van der Waals surface area (Å²) in [6.07, 6.45) is 9.72. The SMILES string of the molecule is CCN1CCCC1CN1C(=O)C2C(C(=O)Nc3cccc(C)c3)C3C=CC2(O3)C1C(=O)NC1CCCCC1C. The first-order valence-electron chi connectivity index (χ1n) is 14.9. The topological polar surface area (TPSA) is 91.0 Å². The zero-order valence-electron chi connectivity index (χ0n) is 23.4. The van der Waals surface area contributed by atoms with Gasteiger partial charge in [-0.25, -0.2) is 0 Å². The van der Waals surface area contributed by atoms with Crippen LogP contribution in [0.1, 0.15) is 57.9 Å². The number of carbonyl (C=O) groups excluding carboxylic acids is 3. The molecule has 1 saturated carbocycles. The van der Waals surface area contributed by atoms with E-state index in [1.807, 2.05) is 43.3 Å². The molecule has 2 bridgehead atoms. The number of ether oxygens (including phenoxy) is 1. The monoisotopic (exact) mass is 534 g/mol. The van der Waals surface area contributed by atoms with Gasteiger partial charge in [0, 0.05) is 24.3 Å². The molecule has 2 N–H and O–H groups in total. The number of amides is 3. The summed E-state index contributed by atoms with van der Waals surface area (Å²) >= 11 is 0. The van der Waals surface area contributed by atoms with Gasteiger partial charge in [0.25, 0.3) is 0 Å². The third-order valence-corrected chi connectivity index (χ3v) is 9.96. The van der Waals surface area contributed by atoms with Crippen LogP contribution >= 0.6 is 0 Å². The maximum absolute atomic E-state index is 14.3. The van der Waals surface area contributed by atoms with Gasteiger partial charge in [-0.1, -0.05) is 51.0 Å². The van der Waals surface area contributed by atoms with Crippen LogP contribution in [0.5, 0.6) is 0 Å². The molecule has 1 aromatic carbocycles. The lowest BCUT2D eigenvalue weighted by molar-refractivity contribution is -0.142. The minimum atomic E-state index is -1.12. The number of hydrogen-bond acceptors (Lipinski definition) is 5. The summed E-state index contributed by atoms with van der Waals surface area (Å²) < 4.78 is 6.54. The van der Waals surface area contributed by atoms with Gasteiger partial charge in [-0.2, -0.15) is 0 Å². The molecule has 8 atom stereocenters. The molecule has 1 aromatic rings. The van der Waals surface area contributed by atoms with Gasteiger partial charge < -0.3 is 20.3 Å². The number of nitrogens with zero attached hydrogens (tertiary/aromatic N) is 2. The molecule has 3 saturated heterocycles. The summed E-state index contributed by atoms with van der Waals surface area (Å²) in [5, 5.41) is 6.36. The number of rotatable bonds is 7. The standard InChI is InChI=1S/C31H42N4O4/c1-4-34-16-8-12-22(34)18-35-27(29(37)33-23-13-6-5-10-20(23)3)31-15-14-24(39-31)25(26(31)30(35)38)28(36)32-21-11-7-9-19(2)17-21/h7,9,11,14-15,17,20,22-27H,4-6,8,10,12-13,16,18H2,1-3H3,(H,32,36)(H,33,37). The molecule has 4 heterocycles. The molecule has 0 aromatic heterocycles. The number of likely N-dealkylation sites (tertiary alicyclic amines) is 2. The third-order valence-electron chi connectivity index (χ3n) is 9.96. The fraction of sp³-hybridized carbons (Fsp3) is 0.645. The number of carbonyl (C=O) groups is 3. The highest BCUT2D eigenvalue weighted by atomic mass is 16.5. The second kappa shape index (κ2) is 10.4. The molecule has 0 radical (unpaired) electrons. The number of anilines is 1. The van der Waals surface area contributed by atoms with Gasteiger partial charge in [0.1, 0.15) is 11.6 Å². The molecule has 8 heteroatoms. The molecule has 4 fully saturated rings. The summed E-state index contributed by atoms with van der Waals surface area (Å²) in [4.78, 5) is 46.3. The van der Waals surface area contributed by atoms with Crippen LogP contribution in [0, 0.1) is 24.7 Å². The first kappa shape index (κ1) is 26.5. The Morgan fingerprint density at radius 1 is 1.13 bits per heavy atom. The quantitative estimate of drug-likeness (QED) is 0.524. The third kappa shape index (κ3) is 4.49. The van der Waals surface area contributed by atoms with E-state index in [4.69, 9.17) is 4.74 Å². The zero-order chi connectivity index (χ0) is 27.3. The Morgan fingerprint density at radius 3 is 2.72 bits per heavy atom. The van der Waals surface area contributed by atoms with Crippen LogP contribution in [-0.2, 0) is 19.1 Å². The van der Waals surface area contributed by atoms with E-state index in [0.29, 0.717) is 18.2 Å². The van der Waals surface area contributed by atoms with Crippen molar-refractivity contribution in [3.63, 3.8) is 0 Å². The van der Waals surface area contributed by atoms with Crippen LogP contribution in [0.15, 0.2) is 36.4 Å². The van der Waals surface area contributed by atoms with Crippen molar-refractivity contribution in [1.82, 2.24) is 15.1 Å². The molecule has 1 spiro atoms. The minimum Gasteiger partial charge on any atom is -0.359 e. The van der Waals surface area contributed by atoms with Crippen LogP contribution in [0.25, 0.3) is 0 Å². The number of benzene rings is 1. The molecular weight excluding hydrogens is 492 g/mol. The van der Waals surface area contributed by atoms with Gasteiger partial charge in [0.2, 0.25) is 17.7 Å². The molecule has 39 heavy (non-hydrogen) atoms. The maximum atomic E-state index is 14.3. The van der Waals surface area contributed by atoms with E-state index in [-0.39, 0.29) is 29.8 Å². The smallest absolute Gasteiger partial charge is 0.246 e. The normalized spacial score (nSPS) is 37.4. The van der Waals surface area contributed by atoms with Crippen LogP contribution in [0.2, 0.25) is 0 Å². The molecule has 1 aliphatic carbocycles. The van der Waals surface area contributed by atoms with Gasteiger partial charge in [0.15, 0.2) is 0 Å². The van der Waals surface area contributed by atoms with E-state index in [9.17, 15) is 14.4 Å². The van der Waals surface area contributed by atoms with Crippen LogP contribution in [0.4, 0.5) is 5.69 Å². The van der Waals surface area contributed by atoms with Gasteiger partial charge >= 0.3 is 0 Å². The summed E-state index contributed by atoms with van der Waals surface area (Å²) in [5.74, 6) is -1.50. The van der Waals surface area contributed by atoms with Crippen molar-refractivity contribution in [2.75, 3.05) is 25.0 Å². The fourth-order valence-electron chi connectivity index (χ4n) is 7.95. The van der Waals surface area contributed by atoms with Crippen molar-refractivity contribution in [3.05, 3.63) is 42.0 Å². The molecule has 5 aliphatic rings. The summed E-state index contributed by atoms with van der Waals surface area (Å²) in [7, 11) is 0. The minimum absolute atomic E-state index is 0.0975. The van der Waals surface area contributed by atoms with E-state index in [1.54, 1.807) is 4.90 Å². The molecular formula is C31H42N4O4. The Bertz CT molecular complexity index is 1170. The lowest BCUT2D eigenvalue weighted by Gasteiger charge is -2.37. The number of nitrogens with one attached hydrogen (secondary N) is 2. The first-order chi connectivity index (χ1) is 18.8. The van der Waals surface area contributed by atoms with Crippen molar-refractivity contribution >= 4 is 23.4 Å². The predicted molar refractivity (Wildman–Crippen MR) is 149 cm³/mol. The second-order valence-corrected chi connectivity index (χ2v) is 12.4. The summed E-state index contributed by atoms with van der Waals surface area (Å²) in [6, 6.07) is 7.18. The first-order valence-corrected chi connectivity index (χ1v) is 14.9. The van der Waals surface area contributed by atoms with E-state index < -0.39 is 29.6 Å². The van der Waals surface area contributed by atoms with Crippen molar-refractivity contribution in [3.8, 4) is 0 Å². The lowest BCUT2D eigenvalue weighted by atomic mass is 9.74. The number of hydrogen-bond donors (Lipinski definition) is 2. The Hall–Kier alpha value is -2.71. The van der Waals surface area contributed by atoms with Gasteiger partial charge in [0.05, 0.1) is 17.9 Å². The highest BCUT2D eigenvalue weighted by Crippen LogP contribution is 2.55. The largest absolute Gasteiger partial charge is 0.359 e. The summed E-state index contributed by atoms with van der Waals surface area (Å²) in [5.41, 5.74) is 0.629. The Kier molecular flexibility index (Phi) is 7.04. The lowest BCUT2D eigenvalue weighted by Crippen LogP contribution is -2.58. The molecule has 8 unspecified atom stereocenters. The average molecular weight is 535 g/mol. The number of aryl methyl sites for hydroxylation is 1. The second-order valence-electron chi connectivity index (χ2n) is 12.4. The molecule has 4 aliphatic heterocycles. The Balaban J connectivity index is 1.31. The maximum Gasteiger partial charge on any atom is 0.246 e. The van der Waals surface area contributed by atoms with Crippen LogP contribution in [0.3, 0.4) is 0 Å². The Labute approximate surface area is 231 Å². The Morgan fingerprint density at radius 2 is 1.95 bits per heavy atom. The highest BCUT2D eigenvalue weighted by molar-refractivity contribution is 6.02. The highest BCUT2D eigenvalue weighted by Gasteiger charge is 2.73. The predicted octanol–water partition coefficient (Wildman–Crippen LogP) is 3.26. The van der Waals surface area contributed by atoms with Crippen molar-refractivity contribution in [2.45, 2.75) is 89.1 Å². The molecule has 8 nitrogen and oxygen atoms in total. The summed E-state index contributed by atoms with van der Waals surface area (Å²) in [6.45, 7) is 8.73. The van der Waals surface area contributed by atoms with Gasteiger partial charge in [-0.05, 0) is 69.3 Å². The van der Waals surface area contributed by atoms with E-state index in [2.05, 4.69) is 29.4 Å². The van der Waals surface area contributed by atoms with E-state index in [1.165, 1.54) is 6.42 Å². The molecule has 210 valence electrons. The number of fused-ring (bicyclic) bond motifs is 1. The van der Waals surface area contributed by atoms with Crippen LogP contribution < -0.4 is 10.6 Å². The number of likely N-dealkylation sites (N-methyl/N-ethyl adjacent to an activating group) is 1. The fourth-order valence-corrected chi connectivity index (χ4v) is 7.95. The molecule has 6 rings (SSSR count).